The van der Waals surface area contributed by atoms with Crippen molar-refractivity contribution in [3.05, 3.63) is 200 Å². The number of nitrogen functional groups attached to an aromatic ring is 1. The summed E-state index contributed by atoms with van der Waals surface area (Å²) in [6, 6.07) is 35.8. The number of hydrogen-bond donors (Lipinski definition) is 5. The van der Waals surface area contributed by atoms with E-state index in [1.807, 2.05) is 6.07 Å². The molecule has 12 rings (SSSR count). The Labute approximate surface area is 625 Å². The zero-order valence-electron chi connectivity index (χ0n) is 60.1. The number of ether oxygens (including phenoxy) is 6. The molecule has 109 heavy (non-hydrogen) atoms. The van der Waals surface area contributed by atoms with Crippen LogP contribution in [0.25, 0.3) is 34.6 Å². The second kappa shape index (κ2) is 36.0. The molecule has 0 aliphatic heterocycles. The molecular formula is C71H70ClF3N24O10. The van der Waals surface area contributed by atoms with E-state index in [2.05, 4.69) is 96.4 Å². The summed E-state index contributed by atoms with van der Waals surface area (Å²) in [5, 5.41) is 21.7. The maximum Gasteiger partial charge on any atom is 0.417 e. The number of halogens is 4. The monoisotopic (exact) mass is 1510 g/mol. The van der Waals surface area contributed by atoms with Gasteiger partial charge in [0.2, 0.25) is 23.5 Å². The van der Waals surface area contributed by atoms with Gasteiger partial charge in [-0.25, -0.2) is 83.3 Å². The van der Waals surface area contributed by atoms with Gasteiger partial charge >= 0.3 is 24.4 Å². The minimum Gasteiger partial charge on any atom is -0.444 e. The molecule has 5 amide bonds. The van der Waals surface area contributed by atoms with Gasteiger partial charge in [-0.2, -0.15) is 33.5 Å². The molecule has 0 unspecified atom stereocenters. The van der Waals surface area contributed by atoms with Crippen LogP contribution in [0.1, 0.15) is 57.6 Å². The molecule has 6 N–H and O–H groups in total. The van der Waals surface area contributed by atoms with E-state index in [4.69, 9.17) is 45.8 Å². The summed E-state index contributed by atoms with van der Waals surface area (Å²) in [5.74, 6) is 4.32. The molecule has 0 saturated carbocycles. The number of nitrogens with two attached hydrogens (primary N) is 1. The first-order valence-corrected chi connectivity index (χ1v) is 32.6. The lowest BCUT2D eigenvalue weighted by molar-refractivity contribution is -0.137. The molecular weight excluding hydrogens is 1440 g/mol. The van der Waals surface area contributed by atoms with Crippen molar-refractivity contribution in [1.29, 1.82) is 0 Å². The summed E-state index contributed by atoms with van der Waals surface area (Å²) in [6.45, 7) is 10.7. The first kappa shape index (κ1) is 79.0. The summed E-state index contributed by atoms with van der Waals surface area (Å²) in [4.78, 5) is 98.5. The average molecular weight is 1510 g/mol. The molecule has 38 heteroatoms. The van der Waals surface area contributed by atoms with E-state index in [0.29, 0.717) is 92.1 Å². The number of nitrogens with one attached hydrogen (secondary N) is 4. The molecule has 0 atom stereocenters. The van der Waals surface area contributed by atoms with Gasteiger partial charge in [0.15, 0.2) is 17.5 Å². The van der Waals surface area contributed by atoms with Crippen molar-refractivity contribution in [1.82, 2.24) is 89.1 Å². The van der Waals surface area contributed by atoms with Crippen molar-refractivity contribution in [2.75, 3.05) is 41.1 Å². The van der Waals surface area contributed by atoms with Gasteiger partial charge in [0.1, 0.15) is 101 Å². The smallest absolute Gasteiger partial charge is 0.417 e. The number of benzene rings is 5. The molecule has 0 bridgehead atoms. The van der Waals surface area contributed by atoms with Crippen LogP contribution in [0.15, 0.2) is 189 Å². The second-order valence-corrected chi connectivity index (χ2v) is 25.1. The summed E-state index contributed by atoms with van der Waals surface area (Å²) in [6.07, 6.45) is 5.29. The van der Waals surface area contributed by atoms with Gasteiger partial charge in [0.05, 0.1) is 16.9 Å². The summed E-state index contributed by atoms with van der Waals surface area (Å²) in [5.41, 5.74) is 7.24. The predicted octanol–water partition coefficient (Wildman–Crippen LogP) is 13.8. The highest BCUT2D eigenvalue weighted by atomic mass is 35.5. The lowest BCUT2D eigenvalue weighted by Gasteiger charge is -2.19. The van der Waals surface area contributed by atoms with Crippen LogP contribution in [0.5, 0.6) is 46.5 Å². The molecule has 7 aromatic heterocycles. The van der Waals surface area contributed by atoms with E-state index >= 15 is 0 Å². The minimum atomic E-state index is -4.65. The fraction of sp³-hybridized carbons (Fsp3) is 0.197. The number of hydrogen-bond acceptors (Lipinski definition) is 25. The molecule has 0 saturated heterocycles. The summed E-state index contributed by atoms with van der Waals surface area (Å²) < 4.78 is 77.1. The topological polar surface area (TPSA) is 409 Å². The SMILES string of the molecule is CN(C)C=NC(=O)c1cc(Oc2cccc(NC(=O)OC(C)(C)C)c2)ncn1.Cn1ncnc1-c1cc(Oc2cccc(N)c2)ncn1.Cn1ncnc1-c1cc(Oc2cccc(NC(=O)Nc3ccc(Cl)c(C(F)(F)F)c3)c2)ncn1.Cn1ncnc1-c1cc(Oc2cccc(NC(=O)OC(C)(C)C)c2)ncn1. The van der Waals surface area contributed by atoms with Crippen molar-refractivity contribution in [2.24, 2.45) is 26.1 Å². The Morgan fingerprint density at radius 3 is 1.19 bits per heavy atom. The van der Waals surface area contributed by atoms with E-state index < -0.39 is 52.1 Å². The number of urea groups is 1. The van der Waals surface area contributed by atoms with Gasteiger partial charge < -0.3 is 49.7 Å². The highest BCUT2D eigenvalue weighted by molar-refractivity contribution is 6.31. The minimum absolute atomic E-state index is 0.0704. The molecule has 7 heterocycles. The number of carbonyl (C=O) groups is 4. The number of aromatic nitrogens is 17. The van der Waals surface area contributed by atoms with Crippen LogP contribution in [-0.4, -0.2) is 145 Å². The number of anilines is 5. The predicted molar refractivity (Wildman–Crippen MR) is 394 cm³/mol. The fourth-order valence-electron chi connectivity index (χ4n) is 8.81. The summed E-state index contributed by atoms with van der Waals surface area (Å²) in [7, 11) is 8.80. The van der Waals surface area contributed by atoms with Crippen molar-refractivity contribution in [3.8, 4) is 81.1 Å². The van der Waals surface area contributed by atoms with Crippen LogP contribution >= 0.6 is 11.6 Å². The van der Waals surface area contributed by atoms with Gasteiger partial charge in [-0.3, -0.25) is 15.4 Å². The van der Waals surface area contributed by atoms with E-state index in [9.17, 15) is 32.3 Å². The third-order valence-corrected chi connectivity index (χ3v) is 13.7. The molecule has 34 nitrogen and oxygen atoms in total. The van der Waals surface area contributed by atoms with Gasteiger partial charge in [-0.15, -0.1) is 0 Å². The van der Waals surface area contributed by atoms with Gasteiger partial charge in [0.25, 0.3) is 5.91 Å². The Morgan fingerprint density at radius 1 is 0.459 bits per heavy atom. The summed E-state index contributed by atoms with van der Waals surface area (Å²) >= 11 is 5.60. The Morgan fingerprint density at radius 2 is 0.826 bits per heavy atom. The third-order valence-electron chi connectivity index (χ3n) is 13.3. The number of aliphatic imine (C=N–C) groups is 1. The molecule has 0 aliphatic rings. The maximum atomic E-state index is 13.0. The Hall–Kier alpha value is -14.1. The Bertz CT molecular complexity index is 5160. The molecule has 0 radical (unpaired) electrons. The van der Waals surface area contributed by atoms with Crippen molar-refractivity contribution in [2.45, 2.75) is 58.9 Å². The normalized spacial score (nSPS) is 11.0. The number of rotatable bonds is 17. The van der Waals surface area contributed by atoms with Gasteiger partial charge in [-0.05, 0) is 108 Å². The third kappa shape index (κ3) is 25.0. The van der Waals surface area contributed by atoms with Crippen molar-refractivity contribution < 1.29 is 60.8 Å². The largest absolute Gasteiger partial charge is 0.444 e. The quantitative estimate of drug-likeness (QED) is 0.0321. The standard InChI is InChI=1S/C21H15ClF3N7O2.C19H23N5O4.C18H20N6O3.C13H12N6O/c1-32-19(28-11-29-32)17-9-18(27-10-26-17)34-14-4-2-3-12(7-14)30-20(33)31-13-5-6-16(22)15(8-13)21(23,24)25;1-19(2,3)28-18(26)23-13-7-6-8-14(9-13)27-16-10-15(20-11-21-16)17(25)22-12-24(4)5;1-18(2,3)27-17(25)23-12-6-5-7-13(8-12)26-15-9-14(19-10-20-15)16-21-11-22-24(16)4;1-19-13(17-8-18-19)11-6-12(16-7-15-11)20-10-4-2-3-9(14)5-10/h2-11H,1H3,(H2,30,31,33);6-12H,1-5H3,(H,23,26);5-11H,1-4H3,(H,23,25);2-8H,14H2,1H3. The zero-order chi connectivity index (χ0) is 78.4. The molecule has 0 aliphatic carbocycles. The van der Waals surface area contributed by atoms with E-state index in [-0.39, 0.29) is 23.1 Å². The number of alkyl halides is 3. The van der Waals surface area contributed by atoms with Crippen LogP contribution < -0.4 is 45.9 Å². The number of amides is 5. The molecule has 12 aromatic rings. The number of aryl methyl sites for hydroxylation is 3. The van der Waals surface area contributed by atoms with Gasteiger partial charge in [-0.1, -0.05) is 35.9 Å². The van der Waals surface area contributed by atoms with Crippen LogP contribution in [0, 0.1) is 0 Å². The van der Waals surface area contributed by atoms with Crippen LogP contribution in [-0.2, 0) is 36.8 Å². The van der Waals surface area contributed by atoms with Crippen LogP contribution in [0.2, 0.25) is 5.02 Å². The zero-order valence-corrected chi connectivity index (χ0v) is 60.8. The second-order valence-electron chi connectivity index (χ2n) is 24.7. The first-order valence-electron chi connectivity index (χ1n) is 32.2. The van der Waals surface area contributed by atoms with Crippen LogP contribution in [0.4, 0.5) is 56.0 Å². The number of nitrogens with zero attached hydrogens (tertiary/aromatic N) is 19. The van der Waals surface area contributed by atoms with Crippen molar-refractivity contribution in [3.63, 3.8) is 0 Å². The Balaban J connectivity index is 0.000000170. The maximum absolute atomic E-state index is 13.0. The van der Waals surface area contributed by atoms with E-state index in [1.54, 1.807) is 199 Å². The van der Waals surface area contributed by atoms with Crippen LogP contribution in [0.3, 0.4) is 0 Å². The highest BCUT2D eigenvalue weighted by Crippen LogP contribution is 2.37. The van der Waals surface area contributed by atoms with E-state index in [0.717, 1.165) is 12.1 Å². The molecule has 0 fully saturated rings. The Kier molecular flexibility index (Phi) is 26.1. The molecule has 5 aromatic carbocycles. The molecule has 562 valence electrons. The lowest BCUT2D eigenvalue weighted by atomic mass is 10.2. The fourth-order valence-corrected chi connectivity index (χ4v) is 9.04. The van der Waals surface area contributed by atoms with E-state index in [1.165, 1.54) is 68.8 Å². The lowest BCUT2D eigenvalue weighted by Crippen LogP contribution is -2.27. The average Bonchev–Trinajstić information content (AvgIpc) is 1.49. The first-order chi connectivity index (χ1) is 51.8. The number of carbonyl (C=O) groups excluding carboxylic acids is 4. The van der Waals surface area contributed by atoms with Gasteiger partial charge in [0, 0.05) is 112 Å². The van der Waals surface area contributed by atoms with Crippen molar-refractivity contribution >= 4 is 70.5 Å². The highest BCUT2D eigenvalue weighted by Gasteiger charge is 2.33. The molecule has 0 spiro atoms.